The summed E-state index contributed by atoms with van der Waals surface area (Å²) in [6.45, 7) is 5.10. The predicted molar refractivity (Wildman–Crippen MR) is 118 cm³/mol. The summed E-state index contributed by atoms with van der Waals surface area (Å²) in [7, 11) is 0. The lowest BCUT2D eigenvalue weighted by Gasteiger charge is -2.34. The molecule has 0 spiro atoms. The Bertz CT molecular complexity index is 1040. The molecule has 0 fully saturated rings. The van der Waals surface area contributed by atoms with E-state index < -0.39 is 17.7 Å². The third-order valence-corrected chi connectivity index (χ3v) is 5.55. The van der Waals surface area contributed by atoms with Gasteiger partial charge in [0.05, 0.1) is 18.2 Å². The van der Waals surface area contributed by atoms with Gasteiger partial charge >= 0.3 is 5.97 Å². The van der Waals surface area contributed by atoms with Crippen LogP contribution >= 0.6 is 0 Å². The maximum atomic E-state index is 13.8. The lowest BCUT2D eigenvalue weighted by molar-refractivity contribution is -0.141. The summed E-state index contributed by atoms with van der Waals surface area (Å²) >= 11 is 0. The second-order valence-corrected chi connectivity index (χ2v) is 7.71. The van der Waals surface area contributed by atoms with Crippen molar-refractivity contribution in [3.8, 4) is 0 Å². The van der Waals surface area contributed by atoms with E-state index in [-0.39, 0.29) is 43.0 Å². The van der Waals surface area contributed by atoms with E-state index in [1.165, 1.54) is 23.1 Å². The standard InChI is InChI=1S/C25H27FN2O4/c1-4-32-25(31)24-17(3)28(15-22(29)27-16(2)18-9-6-5-7-10-18)23(30)14-21(24)19-11-8-12-20(26)13-19/h5-13,16,21H,4,14-15H2,1-3H3,(H,27,29). The number of carbonyl (C=O) groups excluding carboxylic acids is 3. The minimum atomic E-state index is -0.639. The van der Waals surface area contributed by atoms with Gasteiger partial charge in [-0.15, -0.1) is 0 Å². The van der Waals surface area contributed by atoms with Crippen LogP contribution in [0.4, 0.5) is 4.39 Å². The van der Waals surface area contributed by atoms with Gasteiger partial charge in [-0.1, -0.05) is 42.5 Å². The van der Waals surface area contributed by atoms with Crippen molar-refractivity contribution in [3.63, 3.8) is 0 Å². The Hall–Kier alpha value is -3.48. The number of carbonyl (C=O) groups is 3. The molecule has 2 aromatic rings. The molecule has 168 valence electrons. The second-order valence-electron chi connectivity index (χ2n) is 7.71. The molecule has 1 heterocycles. The summed E-state index contributed by atoms with van der Waals surface area (Å²) in [5.41, 5.74) is 2.07. The molecule has 1 aliphatic rings. The van der Waals surface area contributed by atoms with Crippen LogP contribution in [0.15, 0.2) is 65.9 Å². The quantitative estimate of drug-likeness (QED) is 0.666. The van der Waals surface area contributed by atoms with E-state index in [2.05, 4.69) is 5.32 Å². The number of nitrogens with zero attached hydrogens (tertiary/aromatic N) is 1. The van der Waals surface area contributed by atoms with Crippen LogP contribution in [0, 0.1) is 5.82 Å². The van der Waals surface area contributed by atoms with Crippen LogP contribution in [-0.2, 0) is 19.1 Å². The van der Waals surface area contributed by atoms with Gasteiger partial charge < -0.3 is 15.0 Å². The number of amides is 2. The van der Waals surface area contributed by atoms with Crippen molar-refractivity contribution in [3.05, 3.63) is 82.8 Å². The normalized spacial score (nSPS) is 17.2. The van der Waals surface area contributed by atoms with E-state index in [0.717, 1.165) is 5.56 Å². The van der Waals surface area contributed by atoms with Crippen molar-refractivity contribution in [2.24, 2.45) is 0 Å². The number of ether oxygens (including phenoxy) is 1. The fraction of sp³-hybridized carbons (Fsp3) is 0.320. The summed E-state index contributed by atoms with van der Waals surface area (Å²) < 4.78 is 19.0. The molecule has 0 aliphatic carbocycles. The fourth-order valence-electron chi connectivity index (χ4n) is 3.94. The zero-order valence-electron chi connectivity index (χ0n) is 18.4. The highest BCUT2D eigenvalue weighted by Crippen LogP contribution is 2.37. The molecule has 2 unspecified atom stereocenters. The number of nitrogens with one attached hydrogen (secondary N) is 1. The van der Waals surface area contributed by atoms with Gasteiger partial charge in [0.15, 0.2) is 0 Å². The minimum Gasteiger partial charge on any atom is -0.463 e. The SMILES string of the molecule is CCOC(=O)C1=C(C)N(CC(=O)NC(C)c2ccccc2)C(=O)CC1c1cccc(F)c1. The molecular weight excluding hydrogens is 411 g/mol. The number of hydrogen-bond acceptors (Lipinski definition) is 4. The number of hydrogen-bond donors (Lipinski definition) is 1. The van der Waals surface area contributed by atoms with Crippen molar-refractivity contribution < 1.29 is 23.5 Å². The molecular formula is C25H27FN2O4. The molecule has 0 saturated heterocycles. The van der Waals surface area contributed by atoms with Gasteiger partial charge in [0, 0.05) is 18.0 Å². The average molecular weight is 438 g/mol. The number of rotatable bonds is 7. The van der Waals surface area contributed by atoms with Crippen LogP contribution in [0.5, 0.6) is 0 Å². The van der Waals surface area contributed by atoms with Crippen molar-refractivity contribution in [2.75, 3.05) is 13.2 Å². The Kier molecular flexibility index (Phi) is 7.41. The van der Waals surface area contributed by atoms with Gasteiger partial charge in [-0.2, -0.15) is 0 Å². The van der Waals surface area contributed by atoms with Crippen LogP contribution in [0.3, 0.4) is 0 Å². The zero-order valence-corrected chi connectivity index (χ0v) is 18.4. The Morgan fingerprint density at radius 3 is 2.56 bits per heavy atom. The molecule has 0 saturated carbocycles. The molecule has 2 aromatic carbocycles. The largest absolute Gasteiger partial charge is 0.463 e. The minimum absolute atomic E-state index is 0.0591. The topological polar surface area (TPSA) is 75.7 Å². The highest BCUT2D eigenvalue weighted by Gasteiger charge is 2.37. The zero-order chi connectivity index (χ0) is 23.3. The van der Waals surface area contributed by atoms with Gasteiger partial charge in [-0.3, -0.25) is 9.59 Å². The van der Waals surface area contributed by atoms with Crippen molar-refractivity contribution >= 4 is 17.8 Å². The first-order chi connectivity index (χ1) is 15.3. The number of esters is 1. The van der Waals surface area contributed by atoms with Crippen molar-refractivity contribution in [1.82, 2.24) is 10.2 Å². The smallest absolute Gasteiger partial charge is 0.336 e. The first kappa shape index (κ1) is 23.2. The molecule has 0 bridgehead atoms. The van der Waals surface area contributed by atoms with Crippen LogP contribution in [0.2, 0.25) is 0 Å². The van der Waals surface area contributed by atoms with Crippen LogP contribution < -0.4 is 5.32 Å². The molecule has 32 heavy (non-hydrogen) atoms. The molecule has 6 nitrogen and oxygen atoms in total. The molecule has 3 rings (SSSR count). The summed E-state index contributed by atoms with van der Waals surface area (Å²) in [5.74, 6) is -2.32. The first-order valence-electron chi connectivity index (χ1n) is 10.6. The monoisotopic (exact) mass is 438 g/mol. The van der Waals surface area contributed by atoms with Gasteiger partial charge in [0.25, 0.3) is 0 Å². The van der Waals surface area contributed by atoms with E-state index in [1.54, 1.807) is 19.9 Å². The predicted octanol–water partition coefficient (Wildman–Crippen LogP) is 3.86. The van der Waals surface area contributed by atoms with E-state index in [0.29, 0.717) is 11.3 Å². The highest BCUT2D eigenvalue weighted by molar-refractivity contribution is 5.97. The Morgan fingerprint density at radius 1 is 1.19 bits per heavy atom. The van der Waals surface area contributed by atoms with E-state index in [1.807, 2.05) is 37.3 Å². The lowest BCUT2D eigenvalue weighted by atomic mass is 9.83. The maximum absolute atomic E-state index is 13.8. The fourth-order valence-corrected chi connectivity index (χ4v) is 3.94. The van der Waals surface area contributed by atoms with Crippen molar-refractivity contribution in [1.29, 1.82) is 0 Å². The van der Waals surface area contributed by atoms with E-state index in [9.17, 15) is 18.8 Å². The summed E-state index contributed by atoms with van der Waals surface area (Å²) in [4.78, 5) is 39.7. The van der Waals surface area contributed by atoms with Crippen LogP contribution in [0.1, 0.15) is 50.3 Å². The first-order valence-corrected chi connectivity index (χ1v) is 10.6. The lowest BCUT2D eigenvalue weighted by Crippen LogP contribution is -2.44. The van der Waals surface area contributed by atoms with Gasteiger partial charge in [-0.25, -0.2) is 9.18 Å². The Morgan fingerprint density at radius 2 is 1.91 bits per heavy atom. The van der Waals surface area contributed by atoms with E-state index in [4.69, 9.17) is 4.74 Å². The average Bonchev–Trinajstić information content (AvgIpc) is 2.77. The molecule has 7 heteroatoms. The summed E-state index contributed by atoms with van der Waals surface area (Å²) in [5, 5.41) is 2.88. The molecule has 1 N–H and O–H groups in total. The van der Waals surface area contributed by atoms with Crippen LogP contribution in [-0.4, -0.2) is 35.8 Å². The summed E-state index contributed by atoms with van der Waals surface area (Å²) in [6, 6.07) is 15.1. The van der Waals surface area contributed by atoms with Crippen molar-refractivity contribution in [2.45, 2.75) is 39.2 Å². The molecule has 2 amide bonds. The van der Waals surface area contributed by atoms with Gasteiger partial charge in [-0.05, 0) is 44.0 Å². The van der Waals surface area contributed by atoms with Gasteiger partial charge in [0.1, 0.15) is 12.4 Å². The van der Waals surface area contributed by atoms with Gasteiger partial charge in [0.2, 0.25) is 11.8 Å². The maximum Gasteiger partial charge on any atom is 0.336 e. The van der Waals surface area contributed by atoms with E-state index >= 15 is 0 Å². The summed E-state index contributed by atoms with van der Waals surface area (Å²) in [6.07, 6.45) is -0.0591. The number of allylic oxidation sites excluding steroid dienone is 1. The highest BCUT2D eigenvalue weighted by atomic mass is 19.1. The van der Waals surface area contributed by atoms with Crippen LogP contribution in [0.25, 0.3) is 0 Å². The number of halogens is 1. The third-order valence-electron chi connectivity index (χ3n) is 5.55. The second kappa shape index (κ2) is 10.2. The molecule has 2 atom stereocenters. The molecule has 0 radical (unpaired) electrons. The number of benzene rings is 2. The Balaban J connectivity index is 1.86. The Labute approximate surface area is 187 Å². The molecule has 1 aliphatic heterocycles. The molecule has 0 aromatic heterocycles. The third kappa shape index (κ3) is 5.22.